The number of halogens is 3. The maximum atomic E-state index is 12.7. The second-order valence-corrected chi connectivity index (χ2v) is 6.37. The van der Waals surface area contributed by atoms with Gasteiger partial charge in [0.1, 0.15) is 5.54 Å². The molecule has 0 bridgehead atoms. The van der Waals surface area contributed by atoms with Crippen molar-refractivity contribution in [3.05, 3.63) is 29.8 Å². The molecule has 3 N–H and O–H groups in total. The Morgan fingerprint density at radius 1 is 1.43 bits per heavy atom. The number of hydrogen-bond donors (Lipinski definition) is 2. The van der Waals surface area contributed by atoms with Gasteiger partial charge in [-0.1, -0.05) is 19.9 Å². The van der Waals surface area contributed by atoms with Crippen molar-refractivity contribution < 1.29 is 22.7 Å². The fraction of sp³-hybridized carbons (Fsp3) is 0.562. The topological polar surface area (TPSA) is 64.3 Å². The Morgan fingerprint density at radius 2 is 2.09 bits per heavy atom. The number of anilines is 1. The van der Waals surface area contributed by atoms with Crippen molar-refractivity contribution >= 4 is 11.6 Å². The first kappa shape index (κ1) is 17.7. The van der Waals surface area contributed by atoms with Gasteiger partial charge in [-0.2, -0.15) is 13.2 Å². The van der Waals surface area contributed by atoms with Gasteiger partial charge in [-0.3, -0.25) is 4.79 Å². The number of benzene rings is 1. The summed E-state index contributed by atoms with van der Waals surface area (Å²) < 4.78 is 43.7. The first-order valence-electron chi connectivity index (χ1n) is 7.41. The molecule has 2 atom stereocenters. The number of ether oxygens (including phenoxy) is 1. The zero-order valence-corrected chi connectivity index (χ0v) is 13.3. The number of nitrogens with one attached hydrogen (secondary N) is 1. The molecule has 23 heavy (non-hydrogen) atoms. The quantitative estimate of drug-likeness (QED) is 0.891. The molecule has 0 saturated heterocycles. The molecule has 0 heterocycles. The predicted molar refractivity (Wildman–Crippen MR) is 80.8 cm³/mol. The molecule has 2 rings (SSSR count). The van der Waals surface area contributed by atoms with Crippen LogP contribution in [0.25, 0.3) is 0 Å². The fourth-order valence-corrected chi connectivity index (χ4v) is 2.84. The average Bonchev–Trinajstić information content (AvgIpc) is 2.46. The highest BCUT2D eigenvalue weighted by molar-refractivity contribution is 5.99. The van der Waals surface area contributed by atoms with E-state index in [-0.39, 0.29) is 11.8 Å². The molecular weight excluding hydrogens is 309 g/mol. The number of carbonyl (C=O) groups is 1. The molecule has 0 spiro atoms. The van der Waals surface area contributed by atoms with Crippen molar-refractivity contribution in [3.63, 3.8) is 0 Å². The summed E-state index contributed by atoms with van der Waals surface area (Å²) in [5.74, 6) is -0.502. The van der Waals surface area contributed by atoms with Gasteiger partial charge in [0, 0.05) is 24.1 Å². The second kappa shape index (κ2) is 5.79. The Balaban J connectivity index is 2.14. The Kier molecular flexibility index (Phi) is 4.47. The van der Waals surface area contributed by atoms with Crippen LogP contribution in [0.15, 0.2) is 24.3 Å². The molecule has 0 radical (unpaired) electrons. The lowest BCUT2D eigenvalue weighted by molar-refractivity contribution is -0.166. The van der Waals surface area contributed by atoms with Crippen LogP contribution in [0.1, 0.15) is 32.8 Å². The van der Waals surface area contributed by atoms with Crippen LogP contribution < -0.4 is 11.1 Å². The molecule has 2 unspecified atom stereocenters. The van der Waals surface area contributed by atoms with Crippen molar-refractivity contribution in [1.82, 2.24) is 0 Å². The largest absolute Gasteiger partial charge is 0.416 e. The number of hydrogen-bond acceptors (Lipinski definition) is 3. The highest BCUT2D eigenvalue weighted by atomic mass is 19.4. The third kappa shape index (κ3) is 3.07. The maximum absolute atomic E-state index is 12.7. The summed E-state index contributed by atoms with van der Waals surface area (Å²) in [5.41, 5.74) is 3.68. The summed E-state index contributed by atoms with van der Waals surface area (Å²) in [6, 6.07) is 4.50. The van der Waals surface area contributed by atoms with Crippen LogP contribution in [0.3, 0.4) is 0 Å². The van der Waals surface area contributed by atoms with Gasteiger partial charge in [0.05, 0.1) is 11.7 Å². The Labute approximate surface area is 133 Å². The van der Waals surface area contributed by atoms with Crippen molar-refractivity contribution in [2.24, 2.45) is 11.1 Å². The van der Waals surface area contributed by atoms with E-state index in [0.29, 0.717) is 13.0 Å². The number of carbonyl (C=O) groups excluding carboxylic acids is 1. The van der Waals surface area contributed by atoms with Gasteiger partial charge in [0.15, 0.2) is 0 Å². The first-order valence-corrected chi connectivity index (χ1v) is 7.41. The highest BCUT2D eigenvalue weighted by Crippen LogP contribution is 2.50. The maximum Gasteiger partial charge on any atom is 0.416 e. The monoisotopic (exact) mass is 330 g/mol. The van der Waals surface area contributed by atoms with Gasteiger partial charge in [0.2, 0.25) is 5.91 Å². The minimum absolute atomic E-state index is 0.0744. The summed E-state index contributed by atoms with van der Waals surface area (Å²) in [5, 5.41) is 2.50. The summed E-state index contributed by atoms with van der Waals surface area (Å²) in [4.78, 5) is 12.5. The number of alkyl halides is 3. The molecule has 1 aromatic carbocycles. The smallest absolute Gasteiger partial charge is 0.378 e. The van der Waals surface area contributed by atoms with Gasteiger partial charge in [-0.15, -0.1) is 0 Å². The van der Waals surface area contributed by atoms with Crippen LogP contribution in [0.2, 0.25) is 0 Å². The molecule has 1 saturated carbocycles. The minimum Gasteiger partial charge on any atom is -0.378 e. The Hall–Kier alpha value is -1.60. The summed E-state index contributed by atoms with van der Waals surface area (Å²) in [6.45, 7) is 6.01. The van der Waals surface area contributed by atoms with E-state index in [0.717, 1.165) is 12.1 Å². The van der Waals surface area contributed by atoms with Crippen molar-refractivity contribution in [3.8, 4) is 0 Å². The molecule has 1 aliphatic carbocycles. The van der Waals surface area contributed by atoms with E-state index in [1.165, 1.54) is 12.1 Å². The molecule has 128 valence electrons. The lowest BCUT2D eigenvalue weighted by Gasteiger charge is -2.57. The SMILES string of the molecule is CCOC1CC(N)(C(=O)Nc2cccc(C(F)(F)F)c2)C1(C)C. The van der Waals surface area contributed by atoms with Crippen molar-refractivity contribution in [2.45, 2.75) is 45.0 Å². The highest BCUT2D eigenvalue weighted by Gasteiger charge is 2.62. The zero-order valence-electron chi connectivity index (χ0n) is 13.3. The third-order valence-corrected chi connectivity index (χ3v) is 4.68. The number of nitrogens with two attached hydrogens (primary N) is 1. The number of amides is 1. The summed E-state index contributed by atoms with van der Waals surface area (Å²) in [7, 11) is 0. The van der Waals surface area contributed by atoms with E-state index in [4.69, 9.17) is 10.5 Å². The molecule has 1 fully saturated rings. The van der Waals surface area contributed by atoms with Crippen LogP contribution in [-0.2, 0) is 15.7 Å². The predicted octanol–water partition coefficient (Wildman–Crippen LogP) is 3.18. The van der Waals surface area contributed by atoms with E-state index in [1.54, 1.807) is 0 Å². The van der Waals surface area contributed by atoms with Crippen LogP contribution >= 0.6 is 0 Å². The van der Waals surface area contributed by atoms with E-state index in [1.807, 2.05) is 20.8 Å². The Morgan fingerprint density at radius 3 is 2.61 bits per heavy atom. The molecule has 0 aromatic heterocycles. The van der Waals surface area contributed by atoms with Crippen LogP contribution in [0.4, 0.5) is 18.9 Å². The zero-order chi connectivity index (χ0) is 17.5. The summed E-state index contributed by atoms with van der Waals surface area (Å²) in [6.07, 6.45) is -4.28. The van der Waals surface area contributed by atoms with E-state index in [2.05, 4.69) is 5.32 Å². The van der Waals surface area contributed by atoms with E-state index in [9.17, 15) is 18.0 Å². The van der Waals surface area contributed by atoms with Gasteiger partial charge < -0.3 is 15.8 Å². The molecule has 1 amide bonds. The molecular formula is C16H21F3N2O2. The first-order chi connectivity index (χ1) is 10.5. The average molecular weight is 330 g/mol. The molecule has 7 heteroatoms. The lowest BCUT2D eigenvalue weighted by Crippen LogP contribution is -2.74. The third-order valence-electron chi connectivity index (χ3n) is 4.68. The molecule has 1 aliphatic rings. The molecule has 1 aromatic rings. The van der Waals surface area contributed by atoms with Gasteiger partial charge in [-0.25, -0.2) is 0 Å². The van der Waals surface area contributed by atoms with E-state index >= 15 is 0 Å². The lowest BCUT2D eigenvalue weighted by atomic mass is 9.54. The minimum atomic E-state index is -4.46. The van der Waals surface area contributed by atoms with Crippen LogP contribution in [-0.4, -0.2) is 24.2 Å². The molecule has 4 nitrogen and oxygen atoms in total. The van der Waals surface area contributed by atoms with Crippen molar-refractivity contribution in [2.75, 3.05) is 11.9 Å². The normalized spacial score (nSPS) is 26.5. The Bertz CT molecular complexity index is 601. The van der Waals surface area contributed by atoms with Crippen molar-refractivity contribution in [1.29, 1.82) is 0 Å². The number of rotatable bonds is 4. The summed E-state index contributed by atoms with van der Waals surface area (Å²) >= 11 is 0. The van der Waals surface area contributed by atoms with Crippen LogP contribution in [0, 0.1) is 5.41 Å². The van der Waals surface area contributed by atoms with Gasteiger partial charge in [0.25, 0.3) is 0 Å². The molecule has 0 aliphatic heterocycles. The van der Waals surface area contributed by atoms with E-state index < -0.39 is 28.6 Å². The second-order valence-electron chi connectivity index (χ2n) is 6.37. The standard InChI is InChI=1S/C16H21F3N2O2/c1-4-23-12-9-15(20,14(12,2)3)13(22)21-11-7-5-6-10(8-11)16(17,18)19/h5-8,12H,4,9,20H2,1-3H3,(H,21,22). The fourth-order valence-electron chi connectivity index (χ4n) is 2.84. The van der Waals surface area contributed by atoms with Gasteiger partial charge >= 0.3 is 6.18 Å². The van der Waals surface area contributed by atoms with Gasteiger partial charge in [-0.05, 0) is 25.1 Å². The van der Waals surface area contributed by atoms with Crippen LogP contribution in [0.5, 0.6) is 0 Å².